The first-order chi connectivity index (χ1) is 5.13. The highest BCUT2D eigenvalue weighted by Crippen LogP contribution is 2.20. The van der Waals surface area contributed by atoms with Crippen molar-refractivity contribution in [2.24, 2.45) is 13.0 Å². The number of aromatic nitrogens is 3. The molecule has 0 aromatic carbocycles. The van der Waals surface area contributed by atoms with Gasteiger partial charge in [-0.2, -0.15) is 0 Å². The van der Waals surface area contributed by atoms with E-state index in [-0.39, 0.29) is 0 Å². The third-order valence-corrected chi connectivity index (χ3v) is 2.15. The van der Waals surface area contributed by atoms with Crippen LogP contribution in [0.3, 0.4) is 0 Å². The molecule has 0 amide bonds. The van der Waals surface area contributed by atoms with Crippen LogP contribution < -0.4 is 0 Å². The zero-order chi connectivity index (χ0) is 8.43. The van der Waals surface area contributed by atoms with E-state index < -0.39 is 0 Å². The Labute approximate surface area is 67.4 Å². The summed E-state index contributed by atoms with van der Waals surface area (Å²) in [6, 6.07) is 0. The summed E-state index contributed by atoms with van der Waals surface area (Å²) in [6.07, 6.45) is 1.74. The Morgan fingerprint density at radius 2 is 2.00 bits per heavy atom. The van der Waals surface area contributed by atoms with Gasteiger partial charge in [-0.15, -0.1) is 10.2 Å². The average Bonchev–Trinajstić information content (AvgIpc) is 2.33. The van der Waals surface area contributed by atoms with Crippen LogP contribution in [0.15, 0.2) is 6.33 Å². The van der Waals surface area contributed by atoms with E-state index in [0.29, 0.717) is 11.8 Å². The molecule has 1 aromatic rings. The van der Waals surface area contributed by atoms with Crippen molar-refractivity contribution in [2.45, 2.75) is 26.7 Å². The molecule has 0 fully saturated rings. The fourth-order valence-corrected chi connectivity index (χ4v) is 1.00. The van der Waals surface area contributed by atoms with Crippen molar-refractivity contribution in [3.63, 3.8) is 0 Å². The number of aryl methyl sites for hydroxylation is 1. The Balaban J connectivity index is 2.84. The molecule has 0 aliphatic carbocycles. The highest BCUT2D eigenvalue weighted by molar-refractivity contribution is 4.94. The maximum Gasteiger partial charge on any atom is 0.135 e. The lowest BCUT2D eigenvalue weighted by atomic mass is 9.97. The average molecular weight is 153 g/mol. The van der Waals surface area contributed by atoms with Gasteiger partial charge in [-0.05, 0) is 5.92 Å². The van der Waals surface area contributed by atoms with E-state index in [1.807, 2.05) is 11.6 Å². The van der Waals surface area contributed by atoms with Gasteiger partial charge in [0.05, 0.1) is 0 Å². The number of nitrogens with zero attached hydrogens (tertiary/aromatic N) is 3. The molecular weight excluding hydrogens is 138 g/mol. The van der Waals surface area contributed by atoms with E-state index in [1.54, 1.807) is 6.33 Å². The van der Waals surface area contributed by atoms with E-state index in [9.17, 15) is 0 Å². The molecule has 0 radical (unpaired) electrons. The SMILES string of the molecule is CC(C)C(C)c1nncn1C. The van der Waals surface area contributed by atoms with E-state index in [4.69, 9.17) is 0 Å². The van der Waals surface area contributed by atoms with Gasteiger partial charge in [-0.25, -0.2) is 0 Å². The van der Waals surface area contributed by atoms with Crippen LogP contribution in [0.5, 0.6) is 0 Å². The summed E-state index contributed by atoms with van der Waals surface area (Å²) in [5.41, 5.74) is 0. The molecule has 11 heavy (non-hydrogen) atoms. The summed E-state index contributed by atoms with van der Waals surface area (Å²) < 4.78 is 1.98. The Morgan fingerprint density at radius 3 is 2.36 bits per heavy atom. The zero-order valence-corrected chi connectivity index (χ0v) is 7.57. The van der Waals surface area contributed by atoms with Crippen LogP contribution >= 0.6 is 0 Å². The van der Waals surface area contributed by atoms with Gasteiger partial charge in [0.25, 0.3) is 0 Å². The van der Waals surface area contributed by atoms with Crippen LogP contribution in [0, 0.1) is 5.92 Å². The molecule has 0 saturated carbocycles. The van der Waals surface area contributed by atoms with Gasteiger partial charge >= 0.3 is 0 Å². The summed E-state index contributed by atoms with van der Waals surface area (Å²) in [6.45, 7) is 6.56. The maximum absolute atomic E-state index is 4.05. The normalized spacial score (nSPS) is 13.9. The molecule has 1 rings (SSSR count). The van der Waals surface area contributed by atoms with Crippen molar-refractivity contribution in [3.8, 4) is 0 Å². The van der Waals surface area contributed by atoms with E-state index >= 15 is 0 Å². The second-order valence-corrected chi connectivity index (χ2v) is 3.33. The molecule has 0 aliphatic rings. The van der Waals surface area contributed by atoms with Gasteiger partial charge in [-0.1, -0.05) is 20.8 Å². The van der Waals surface area contributed by atoms with Crippen molar-refractivity contribution >= 4 is 0 Å². The fourth-order valence-electron chi connectivity index (χ4n) is 1.00. The highest BCUT2D eigenvalue weighted by atomic mass is 15.2. The summed E-state index contributed by atoms with van der Waals surface area (Å²) in [4.78, 5) is 0. The molecule has 3 heteroatoms. The van der Waals surface area contributed by atoms with Crippen molar-refractivity contribution in [3.05, 3.63) is 12.2 Å². The van der Waals surface area contributed by atoms with Crippen LogP contribution in [-0.4, -0.2) is 14.8 Å². The lowest BCUT2D eigenvalue weighted by molar-refractivity contribution is 0.495. The molecule has 3 nitrogen and oxygen atoms in total. The molecule has 0 N–H and O–H groups in total. The van der Waals surface area contributed by atoms with Crippen LogP contribution in [0.2, 0.25) is 0 Å². The number of hydrogen-bond donors (Lipinski definition) is 0. The van der Waals surface area contributed by atoms with Crippen molar-refractivity contribution < 1.29 is 0 Å². The molecule has 0 aliphatic heterocycles. The van der Waals surface area contributed by atoms with Crippen molar-refractivity contribution in [2.75, 3.05) is 0 Å². The molecule has 1 unspecified atom stereocenters. The minimum Gasteiger partial charge on any atom is -0.320 e. The zero-order valence-electron chi connectivity index (χ0n) is 7.57. The first kappa shape index (κ1) is 8.24. The third kappa shape index (κ3) is 1.59. The maximum atomic E-state index is 4.05. The summed E-state index contributed by atoms with van der Waals surface area (Å²) in [7, 11) is 1.98. The smallest absolute Gasteiger partial charge is 0.135 e. The van der Waals surface area contributed by atoms with Gasteiger partial charge in [0.15, 0.2) is 0 Å². The van der Waals surface area contributed by atoms with E-state index in [0.717, 1.165) is 5.82 Å². The van der Waals surface area contributed by atoms with Gasteiger partial charge in [0.1, 0.15) is 12.2 Å². The molecule has 0 bridgehead atoms. The first-order valence-corrected chi connectivity index (χ1v) is 3.96. The Bertz CT molecular complexity index is 227. The monoisotopic (exact) mass is 153 g/mol. The molecule has 1 heterocycles. The Hall–Kier alpha value is -0.860. The summed E-state index contributed by atoms with van der Waals surface area (Å²) in [5, 5.41) is 7.89. The van der Waals surface area contributed by atoms with Crippen LogP contribution in [0.1, 0.15) is 32.5 Å². The van der Waals surface area contributed by atoms with Crippen molar-refractivity contribution in [1.29, 1.82) is 0 Å². The second-order valence-electron chi connectivity index (χ2n) is 3.33. The standard InChI is InChI=1S/C8H15N3/c1-6(2)7(3)8-10-9-5-11(8)4/h5-7H,1-4H3. The molecule has 0 saturated heterocycles. The molecular formula is C8H15N3. The molecule has 1 atom stereocenters. The molecule has 1 aromatic heterocycles. The van der Waals surface area contributed by atoms with Crippen LogP contribution in [0.4, 0.5) is 0 Å². The van der Waals surface area contributed by atoms with Gasteiger partial charge < -0.3 is 4.57 Å². The van der Waals surface area contributed by atoms with Gasteiger partial charge in [0, 0.05) is 13.0 Å². The second kappa shape index (κ2) is 3.03. The predicted molar refractivity (Wildman–Crippen MR) is 44.3 cm³/mol. The number of hydrogen-bond acceptors (Lipinski definition) is 2. The van der Waals surface area contributed by atoms with Crippen LogP contribution in [-0.2, 0) is 7.05 Å². The van der Waals surface area contributed by atoms with Crippen molar-refractivity contribution in [1.82, 2.24) is 14.8 Å². The van der Waals surface area contributed by atoms with E-state index in [1.165, 1.54) is 0 Å². The Kier molecular flexibility index (Phi) is 2.27. The first-order valence-electron chi connectivity index (χ1n) is 3.96. The highest BCUT2D eigenvalue weighted by Gasteiger charge is 2.14. The Morgan fingerprint density at radius 1 is 1.36 bits per heavy atom. The fraction of sp³-hybridized carbons (Fsp3) is 0.750. The quantitative estimate of drug-likeness (QED) is 0.645. The minimum atomic E-state index is 0.488. The van der Waals surface area contributed by atoms with Gasteiger partial charge in [-0.3, -0.25) is 0 Å². The van der Waals surface area contributed by atoms with Gasteiger partial charge in [0.2, 0.25) is 0 Å². The topological polar surface area (TPSA) is 30.7 Å². The summed E-state index contributed by atoms with van der Waals surface area (Å²) >= 11 is 0. The largest absolute Gasteiger partial charge is 0.320 e. The molecule has 0 spiro atoms. The third-order valence-electron chi connectivity index (χ3n) is 2.15. The lowest BCUT2D eigenvalue weighted by Crippen LogP contribution is -2.08. The molecule has 62 valence electrons. The number of rotatable bonds is 2. The predicted octanol–water partition coefficient (Wildman–Crippen LogP) is 1.57. The summed E-state index contributed by atoms with van der Waals surface area (Å²) in [5.74, 6) is 2.18. The van der Waals surface area contributed by atoms with Crippen LogP contribution in [0.25, 0.3) is 0 Å². The lowest BCUT2D eigenvalue weighted by Gasteiger charge is -2.13. The minimum absolute atomic E-state index is 0.488. The van der Waals surface area contributed by atoms with E-state index in [2.05, 4.69) is 31.0 Å².